The van der Waals surface area contributed by atoms with Gasteiger partial charge in [-0.2, -0.15) is 0 Å². The molecule has 0 aliphatic carbocycles. The van der Waals surface area contributed by atoms with Gasteiger partial charge in [-0.25, -0.2) is 4.39 Å². The highest BCUT2D eigenvalue weighted by Gasteiger charge is 2.15. The van der Waals surface area contributed by atoms with Crippen molar-refractivity contribution in [1.82, 2.24) is 14.6 Å². The number of fused-ring (bicyclic) bond motifs is 3. The molecule has 3 heterocycles. The SMILES string of the molecule is Cc1nnc(SCC(=O)Nc2ccc(Br)cc2F)c2cc3occc3n12. The van der Waals surface area contributed by atoms with Crippen LogP contribution in [-0.4, -0.2) is 26.3 Å². The second kappa shape index (κ2) is 6.73. The number of anilines is 1. The third kappa shape index (κ3) is 3.08. The molecule has 0 saturated heterocycles. The number of benzene rings is 1. The molecule has 1 N–H and O–H groups in total. The summed E-state index contributed by atoms with van der Waals surface area (Å²) in [7, 11) is 0. The van der Waals surface area contributed by atoms with Gasteiger partial charge >= 0.3 is 0 Å². The van der Waals surface area contributed by atoms with Crippen LogP contribution in [0.15, 0.2) is 50.5 Å². The molecule has 0 aliphatic heterocycles. The summed E-state index contributed by atoms with van der Waals surface area (Å²) >= 11 is 4.42. The van der Waals surface area contributed by atoms with Crippen LogP contribution in [0.5, 0.6) is 0 Å². The smallest absolute Gasteiger partial charge is 0.234 e. The summed E-state index contributed by atoms with van der Waals surface area (Å²) in [5, 5.41) is 11.5. The Morgan fingerprint density at radius 3 is 2.96 bits per heavy atom. The predicted octanol–water partition coefficient (Wildman–Crippen LogP) is 4.42. The molecule has 0 radical (unpaired) electrons. The zero-order valence-corrected chi connectivity index (χ0v) is 15.9. The number of carbonyl (C=O) groups excluding carboxylic acids is 1. The van der Waals surface area contributed by atoms with E-state index in [1.807, 2.05) is 23.5 Å². The van der Waals surface area contributed by atoms with Crippen molar-refractivity contribution in [1.29, 1.82) is 0 Å². The number of nitrogens with one attached hydrogen (secondary N) is 1. The Balaban J connectivity index is 1.54. The summed E-state index contributed by atoms with van der Waals surface area (Å²) in [4.78, 5) is 12.2. The molecule has 9 heteroatoms. The molecule has 0 spiro atoms. The lowest BCUT2D eigenvalue weighted by molar-refractivity contribution is -0.113. The Morgan fingerprint density at radius 1 is 1.31 bits per heavy atom. The van der Waals surface area contributed by atoms with E-state index in [1.54, 1.807) is 12.3 Å². The minimum Gasteiger partial charge on any atom is -0.463 e. The molecule has 1 aromatic carbocycles. The number of aromatic nitrogens is 3. The highest BCUT2D eigenvalue weighted by Crippen LogP contribution is 2.28. The van der Waals surface area contributed by atoms with Gasteiger partial charge in [-0.1, -0.05) is 27.7 Å². The molecule has 132 valence electrons. The lowest BCUT2D eigenvalue weighted by Crippen LogP contribution is -2.15. The quantitative estimate of drug-likeness (QED) is 0.481. The molecule has 4 rings (SSSR count). The number of aryl methyl sites for hydroxylation is 1. The summed E-state index contributed by atoms with van der Waals surface area (Å²) in [5.41, 5.74) is 2.58. The maximum atomic E-state index is 13.8. The summed E-state index contributed by atoms with van der Waals surface area (Å²) in [6.07, 6.45) is 1.62. The second-order valence-electron chi connectivity index (χ2n) is 5.55. The fraction of sp³-hybridized carbons (Fsp3) is 0.118. The molecule has 0 saturated carbocycles. The van der Waals surface area contributed by atoms with Gasteiger partial charge in [-0.3, -0.25) is 9.20 Å². The van der Waals surface area contributed by atoms with Crippen LogP contribution >= 0.6 is 27.7 Å². The number of carbonyl (C=O) groups is 1. The number of rotatable bonds is 4. The minimum atomic E-state index is -0.498. The lowest BCUT2D eigenvalue weighted by Gasteiger charge is -2.07. The topological polar surface area (TPSA) is 72.4 Å². The number of hydrogen-bond donors (Lipinski definition) is 1. The van der Waals surface area contributed by atoms with Gasteiger partial charge < -0.3 is 9.73 Å². The van der Waals surface area contributed by atoms with Crippen molar-refractivity contribution in [2.75, 3.05) is 11.1 Å². The van der Waals surface area contributed by atoms with E-state index in [0.717, 1.165) is 22.4 Å². The highest BCUT2D eigenvalue weighted by molar-refractivity contribution is 9.10. The average Bonchev–Trinajstić information content (AvgIpc) is 3.18. The van der Waals surface area contributed by atoms with Gasteiger partial charge in [0.15, 0.2) is 5.58 Å². The third-order valence-electron chi connectivity index (χ3n) is 3.80. The van der Waals surface area contributed by atoms with Gasteiger partial charge in [0.1, 0.15) is 16.7 Å². The van der Waals surface area contributed by atoms with Crippen molar-refractivity contribution < 1.29 is 13.6 Å². The first kappa shape index (κ1) is 17.0. The number of amides is 1. The summed E-state index contributed by atoms with van der Waals surface area (Å²) in [6.45, 7) is 1.85. The van der Waals surface area contributed by atoms with Gasteiger partial charge in [0, 0.05) is 16.6 Å². The summed E-state index contributed by atoms with van der Waals surface area (Å²) in [5.74, 6) is -0.0218. The molecular formula is C17H12BrFN4O2S. The van der Waals surface area contributed by atoms with E-state index >= 15 is 0 Å². The van der Waals surface area contributed by atoms with Gasteiger partial charge in [0.2, 0.25) is 5.91 Å². The van der Waals surface area contributed by atoms with E-state index in [1.165, 1.54) is 23.9 Å². The Hall–Kier alpha value is -2.39. The van der Waals surface area contributed by atoms with Crippen molar-refractivity contribution in [3.05, 3.63) is 52.7 Å². The molecule has 4 aromatic rings. The zero-order chi connectivity index (χ0) is 18.3. The van der Waals surface area contributed by atoms with Crippen LogP contribution in [0.1, 0.15) is 5.82 Å². The predicted molar refractivity (Wildman–Crippen MR) is 101 cm³/mol. The summed E-state index contributed by atoms with van der Waals surface area (Å²) < 4.78 is 21.8. The summed E-state index contributed by atoms with van der Waals surface area (Å²) in [6, 6.07) is 8.19. The minimum absolute atomic E-state index is 0.0788. The molecular weight excluding hydrogens is 423 g/mol. The molecule has 0 bridgehead atoms. The Morgan fingerprint density at radius 2 is 2.15 bits per heavy atom. The van der Waals surface area contributed by atoms with Crippen LogP contribution in [0.3, 0.4) is 0 Å². The van der Waals surface area contributed by atoms with Gasteiger partial charge in [0.05, 0.1) is 28.7 Å². The van der Waals surface area contributed by atoms with E-state index in [0.29, 0.717) is 9.50 Å². The van der Waals surface area contributed by atoms with Crippen LogP contribution in [0, 0.1) is 12.7 Å². The Labute approximate surface area is 159 Å². The largest absolute Gasteiger partial charge is 0.463 e. The van der Waals surface area contributed by atoms with Gasteiger partial charge in [-0.05, 0) is 25.1 Å². The number of hydrogen-bond acceptors (Lipinski definition) is 5. The fourth-order valence-corrected chi connectivity index (χ4v) is 3.73. The Kier molecular flexibility index (Phi) is 4.41. The second-order valence-corrected chi connectivity index (χ2v) is 7.43. The molecule has 26 heavy (non-hydrogen) atoms. The van der Waals surface area contributed by atoms with E-state index in [2.05, 4.69) is 31.4 Å². The fourth-order valence-electron chi connectivity index (χ4n) is 2.66. The first-order chi connectivity index (χ1) is 12.5. The van der Waals surface area contributed by atoms with Crippen molar-refractivity contribution in [2.24, 2.45) is 0 Å². The standard InChI is InChI=1S/C17H12BrFN4O2S/c1-9-21-22-17(14-7-15-13(23(9)14)4-5-25-15)26-8-16(24)20-12-3-2-10(18)6-11(12)19/h2-7H,8H2,1H3,(H,20,24). The van der Waals surface area contributed by atoms with E-state index in [9.17, 15) is 9.18 Å². The molecule has 3 aromatic heterocycles. The normalized spacial score (nSPS) is 11.3. The van der Waals surface area contributed by atoms with Crippen LogP contribution in [0.2, 0.25) is 0 Å². The highest BCUT2D eigenvalue weighted by atomic mass is 79.9. The molecule has 6 nitrogen and oxygen atoms in total. The molecule has 0 fully saturated rings. The Bertz CT molecular complexity index is 1140. The maximum Gasteiger partial charge on any atom is 0.234 e. The molecule has 0 aliphatic rings. The van der Waals surface area contributed by atoms with Crippen LogP contribution in [-0.2, 0) is 4.79 Å². The maximum absolute atomic E-state index is 13.8. The van der Waals surface area contributed by atoms with Crippen LogP contribution < -0.4 is 5.32 Å². The molecule has 0 atom stereocenters. The van der Waals surface area contributed by atoms with Crippen LogP contribution in [0.4, 0.5) is 10.1 Å². The van der Waals surface area contributed by atoms with E-state index in [4.69, 9.17) is 4.42 Å². The first-order valence-corrected chi connectivity index (χ1v) is 9.40. The number of halogens is 2. The monoisotopic (exact) mass is 434 g/mol. The van der Waals surface area contributed by atoms with E-state index in [-0.39, 0.29) is 17.3 Å². The third-order valence-corrected chi connectivity index (χ3v) is 5.26. The van der Waals surface area contributed by atoms with Crippen molar-refractivity contribution in [2.45, 2.75) is 11.9 Å². The first-order valence-electron chi connectivity index (χ1n) is 7.62. The van der Waals surface area contributed by atoms with Crippen LogP contribution in [0.25, 0.3) is 16.6 Å². The number of furan rings is 1. The van der Waals surface area contributed by atoms with Gasteiger partial charge in [-0.15, -0.1) is 10.2 Å². The van der Waals surface area contributed by atoms with Gasteiger partial charge in [0.25, 0.3) is 0 Å². The van der Waals surface area contributed by atoms with E-state index < -0.39 is 5.82 Å². The lowest BCUT2D eigenvalue weighted by atomic mass is 10.3. The number of nitrogens with zero attached hydrogens (tertiary/aromatic N) is 3. The molecule has 0 unspecified atom stereocenters. The average molecular weight is 435 g/mol. The van der Waals surface area contributed by atoms with Crippen molar-refractivity contribution in [3.8, 4) is 0 Å². The zero-order valence-electron chi connectivity index (χ0n) is 13.5. The molecule has 1 amide bonds. The van der Waals surface area contributed by atoms with Crippen molar-refractivity contribution >= 4 is 55.9 Å². The number of thioether (sulfide) groups is 1. The van der Waals surface area contributed by atoms with Crippen molar-refractivity contribution in [3.63, 3.8) is 0 Å².